The first-order valence-corrected chi connectivity index (χ1v) is 36.5. The highest BCUT2D eigenvalue weighted by atomic mass is 15.2. The van der Waals surface area contributed by atoms with E-state index in [4.69, 9.17) is 0 Å². The molecule has 2 aliphatic heterocycles. The number of hydrogen-bond donors (Lipinski definition) is 0. The van der Waals surface area contributed by atoms with Gasteiger partial charge in [-0.15, -0.1) is 0 Å². The van der Waals surface area contributed by atoms with Crippen LogP contribution in [-0.4, -0.2) is 15.8 Å². The summed E-state index contributed by atoms with van der Waals surface area (Å²) >= 11 is 0. The molecule has 103 heavy (non-hydrogen) atoms. The van der Waals surface area contributed by atoms with Gasteiger partial charge in [0.25, 0.3) is 6.71 Å². The molecule has 0 fully saturated rings. The van der Waals surface area contributed by atoms with Crippen LogP contribution in [0.5, 0.6) is 0 Å². The monoisotopic (exact) mass is 1320 g/mol. The standard InChI is InChI=1S/C98H79BN4/c1-96(2,3)68-54-77(62-30-14-10-15-31-62)94(78(55-68)63-32-16-11-17-33-63)102-87-60-71(100-83-44-28-26-42-75(83)91-73-40-24-22-38-66(73)46-52-85(91)100)48-50-81(87)99-82-51-49-72(101-84-45-29-27-43-76(84)92-74-41-25-23-39-67(74)47-53-86(92)101)61-88(82)103(90-59-70(98(7,8)9)58-89(102)93(90)99)95-79(64-34-18-12-19-35-64)56-69(97(4,5)6)57-80(95)65-36-20-13-21-37-65/h10-61H,1-9H3. The number of hydrogen-bond acceptors (Lipinski definition) is 2. The van der Waals surface area contributed by atoms with Gasteiger partial charge in [0.2, 0.25) is 0 Å². The Labute approximate surface area is 604 Å². The summed E-state index contributed by atoms with van der Waals surface area (Å²) in [7, 11) is 0. The van der Waals surface area contributed by atoms with Gasteiger partial charge in [0.15, 0.2) is 0 Å². The summed E-state index contributed by atoms with van der Waals surface area (Å²) in [5, 5.41) is 9.95. The van der Waals surface area contributed by atoms with E-state index >= 15 is 0 Å². The van der Waals surface area contributed by atoms with Gasteiger partial charge in [-0.3, -0.25) is 0 Å². The third-order valence-corrected chi connectivity index (χ3v) is 22.3. The molecule has 19 rings (SSSR count). The first-order chi connectivity index (χ1) is 50.0. The van der Waals surface area contributed by atoms with Crippen molar-refractivity contribution in [2.45, 2.75) is 78.6 Å². The van der Waals surface area contributed by atoms with Crippen LogP contribution in [0.15, 0.2) is 315 Å². The Morgan fingerprint density at radius 2 is 0.563 bits per heavy atom. The maximum atomic E-state index is 2.74. The molecule has 17 aromatic rings. The van der Waals surface area contributed by atoms with Crippen LogP contribution in [0.1, 0.15) is 79.0 Å². The SMILES string of the molecule is CC(C)(C)c1cc(-c2ccccc2)c(N2c3cc(-n4c5ccccc5c5c6ccccc6ccc54)ccc3B3c4ccc(-n5c6ccccc6c6c7ccccc7ccc65)cc4N(c4c(-c5ccccc5)cc(C(C)(C)C)cc4-c4ccccc4)c4cc(C(C)(C)C)cc2c43)c(-c2ccccc2)c1. The van der Waals surface area contributed by atoms with E-state index in [2.05, 4.69) is 397 Å². The van der Waals surface area contributed by atoms with Crippen LogP contribution in [0.4, 0.5) is 34.1 Å². The Morgan fingerprint density at radius 3 is 0.913 bits per heavy atom. The van der Waals surface area contributed by atoms with E-state index in [1.165, 1.54) is 120 Å². The summed E-state index contributed by atoms with van der Waals surface area (Å²) in [5.41, 5.74) is 29.9. The Balaban J connectivity index is 1.00. The molecular formula is C98H79BN4. The van der Waals surface area contributed by atoms with Gasteiger partial charge in [0.1, 0.15) is 0 Å². The van der Waals surface area contributed by atoms with E-state index in [1.54, 1.807) is 0 Å². The molecule has 0 N–H and O–H groups in total. The molecule has 2 aromatic heterocycles. The predicted molar refractivity (Wildman–Crippen MR) is 442 cm³/mol. The predicted octanol–water partition coefficient (Wildman–Crippen LogP) is 24.8. The number of anilines is 6. The first-order valence-electron chi connectivity index (χ1n) is 36.5. The molecule has 5 heteroatoms. The number of rotatable bonds is 8. The van der Waals surface area contributed by atoms with Crippen molar-refractivity contribution in [1.29, 1.82) is 0 Å². The van der Waals surface area contributed by atoms with E-state index in [1.807, 2.05) is 0 Å². The Bertz CT molecular complexity index is 5800. The molecule has 0 bridgehead atoms. The summed E-state index contributed by atoms with van der Waals surface area (Å²) in [6.45, 7) is 21.1. The van der Waals surface area contributed by atoms with Crippen LogP contribution in [0.3, 0.4) is 0 Å². The van der Waals surface area contributed by atoms with Gasteiger partial charge in [-0.2, -0.15) is 0 Å². The molecule has 0 unspecified atom stereocenters. The third-order valence-electron chi connectivity index (χ3n) is 22.3. The van der Waals surface area contributed by atoms with Gasteiger partial charge in [-0.1, -0.05) is 293 Å². The smallest absolute Gasteiger partial charge is 0.252 e. The zero-order valence-electron chi connectivity index (χ0n) is 59.9. The van der Waals surface area contributed by atoms with Crippen LogP contribution in [0, 0.1) is 0 Å². The number of fused-ring (bicyclic) bond motifs is 14. The second-order valence-corrected chi connectivity index (χ2v) is 31.6. The number of para-hydroxylation sites is 2. The molecule has 2 aliphatic rings. The normalized spacial score (nSPS) is 13.0. The van der Waals surface area contributed by atoms with Crippen molar-refractivity contribution >= 4 is 122 Å². The van der Waals surface area contributed by atoms with Crippen molar-refractivity contribution in [3.8, 4) is 55.9 Å². The van der Waals surface area contributed by atoms with E-state index < -0.39 is 0 Å². The van der Waals surface area contributed by atoms with Crippen LogP contribution in [0.2, 0.25) is 0 Å². The van der Waals surface area contributed by atoms with Gasteiger partial charge in [-0.25, -0.2) is 0 Å². The van der Waals surface area contributed by atoms with Crippen LogP contribution in [0.25, 0.3) is 121 Å². The van der Waals surface area contributed by atoms with Crippen molar-refractivity contribution < 1.29 is 0 Å². The van der Waals surface area contributed by atoms with E-state index in [0.29, 0.717) is 0 Å². The summed E-state index contributed by atoms with van der Waals surface area (Å²) in [6, 6.07) is 120. The van der Waals surface area contributed by atoms with Crippen LogP contribution in [-0.2, 0) is 16.2 Å². The molecule has 0 spiro atoms. The lowest BCUT2D eigenvalue weighted by Crippen LogP contribution is -2.61. The Hall–Kier alpha value is -11.9. The van der Waals surface area contributed by atoms with Crippen LogP contribution < -0.4 is 26.2 Å². The largest absolute Gasteiger partial charge is 0.310 e. The highest BCUT2D eigenvalue weighted by Gasteiger charge is 2.47. The van der Waals surface area contributed by atoms with Crippen molar-refractivity contribution in [3.63, 3.8) is 0 Å². The minimum Gasteiger partial charge on any atom is -0.310 e. The molecule has 0 saturated carbocycles. The van der Waals surface area contributed by atoms with E-state index in [0.717, 1.165) is 67.8 Å². The maximum absolute atomic E-state index is 2.74. The summed E-state index contributed by atoms with van der Waals surface area (Å²) in [4.78, 5) is 5.48. The molecule has 4 nitrogen and oxygen atoms in total. The minimum absolute atomic E-state index is 0.193. The van der Waals surface area contributed by atoms with Crippen molar-refractivity contribution in [2.75, 3.05) is 9.80 Å². The maximum Gasteiger partial charge on any atom is 0.252 e. The number of nitrogens with zero attached hydrogens (tertiary/aromatic N) is 4. The van der Waals surface area contributed by atoms with Gasteiger partial charge in [-0.05, 0) is 178 Å². The average Bonchev–Trinajstić information content (AvgIpc) is 1.43. The second-order valence-electron chi connectivity index (χ2n) is 31.6. The third kappa shape index (κ3) is 9.87. The summed E-state index contributed by atoms with van der Waals surface area (Å²) < 4.78 is 5.08. The first kappa shape index (κ1) is 62.1. The Kier molecular flexibility index (Phi) is 14.1. The highest BCUT2D eigenvalue weighted by Crippen LogP contribution is 2.56. The van der Waals surface area contributed by atoms with E-state index in [9.17, 15) is 0 Å². The minimum atomic E-state index is -0.332. The topological polar surface area (TPSA) is 16.3 Å². The lowest BCUT2D eigenvalue weighted by molar-refractivity contribution is 0.590. The quantitative estimate of drug-likeness (QED) is 0.141. The number of aromatic nitrogens is 2. The zero-order chi connectivity index (χ0) is 69.8. The van der Waals surface area contributed by atoms with Crippen molar-refractivity contribution in [3.05, 3.63) is 332 Å². The fourth-order valence-electron chi connectivity index (χ4n) is 17.2. The van der Waals surface area contributed by atoms with E-state index in [-0.39, 0.29) is 23.0 Å². The second kappa shape index (κ2) is 23.3. The molecule has 0 saturated heterocycles. The number of benzene rings is 15. The van der Waals surface area contributed by atoms with Gasteiger partial charge in [0.05, 0.1) is 33.4 Å². The fourth-order valence-corrected chi connectivity index (χ4v) is 17.2. The zero-order valence-corrected chi connectivity index (χ0v) is 59.9. The van der Waals surface area contributed by atoms with Crippen molar-refractivity contribution in [2.24, 2.45) is 0 Å². The molecule has 0 atom stereocenters. The molecular weight excluding hydrogens is 1240 g/mol. The summed E-state index contributed by atoms with van der Waals surface area (Å²) in [5.74, 6) is 0. The van der Waals surface area contributed by atoms with Crippen LogP contribution >= 0.6 is 0 Å². The lowest BCUT2D eigenvalue weighted by Gasteiger charge is -2.47. The van der Waals surface area contributed by atoms with Crippen molar-refractivity contribution in [1.82, 2.24) is 9.13 Å². The molecule has 15 aromatic carbocycles. The van der Waals surface area contributed by atoms with Gasteiger partial charge in [0, 0.05) is 77.9 Å². The van der Waals surface area contributed by atoms with Gasteiger partial charge >= 0.3 is 0 Å². The molecule has 4 heterocycles. The molecule has 0 aliphatic carbocycles. The molecule has 494 valence electrons. The lowest BCUT2D eigenvalue weighted by atomic mass is 9.33. The molecule has 0 radical (unpaired) electrons. The Morgan fingerprint density at radius 1 is 0.252 bits per heavy atom. The molecule has 0 amide bonds. The summed E-state index contributed by atoms with van der Waals surface area (Å²) in [6.07, 6.45) is 0. The fraction of sp³-hybridized carbons (Fsp3) is 0.122. The van der Waals surface area contributed by atoms with Gasteiger partial charge < -0.3 is 18.9 Å². The average molecular weight is 1320 g/mol. The highest BCUT2D eigenvalue weighted by molar-refractivity contribution is 7.00.